The van der Waals surface area contributed by atoms with Crippen LogP contribution in [0.15, 0.2) is 64.7 Å². The van der Waals surface area contributed by atoms with Crippen molar-refractivity contribution in [2.24, 2.45) is 0 Å². The third kappa shape index (κ3) is 11.3. The summed E-state index contributed by atoms with van der Waals surface area (Å²) >= 11 is 6.23. The first-order valence-corrected chi connectivity index (χ1v) is 15.0. The third-order valence-corrected chi connectivity index (χ3v) is 6.76. The van der Waals surface area contributed by atoms with Gasteiger partial charge < -0.3 is 35.6 Å². The Morgan fingerprint density at radius 1 is 1.09 bits per heavy atom. The van der Waals surface area contributed by atoms with E-state index in [0.29, 0.717) is 21.9 Å². The summed E-state index contributed by atoms with van der Waals surface area (Å²) in [5, 5.41) is 34.3. The molecule has 0 spiro atoms. The topological polar surface area (TPSA) is 196 Å². The Hall–Kier alpha value is -5.19. The number of ether oxygens (including phenoxy) is 1. The fourth-order valence-electron chi connectivity index (χ4n) is 4.08. The first kappa shape index (κ1) is 36.3. The number of halogens is 1. The summed E-state index contributed by atoms with van der Waals surface area (Å²) in [5.41, 5.74) is 0.353. The Balaban J connectivity index is 1.80. The van der Waals surface area contributed by atoms with E-state index in [0.717, 1.165) is 0 Å². The number of nitrogens with zero attached hydrogens (tertiary/aromatic N) is 2. The second-order valence-electron chi connectivity index (χ2n) is 11.6. The van der Waals surface area contributed by atoms with Crippen molar-refractivity contribution in [2.75, 3.05) is 6.61 Å². The highest BCUT2D eigenvalue weighted by Gasteiger charge is 2.31. The highest BCUT2D eigenvalue weighted by molar-refractivity contribution is 6.31. The number of rotatable bonds is 13. The van der Waals surface area contributed by atoms with Gasteiger partial charge in [0, 0.05) is 23.2 Å². The maximum absolute atomic E-state index is 13.4. The molecule has 0 aliphatic heterocycles. The van der Waals surface area contributed by atoms with Gasteiger partial charge in [0.2, 0.25) is 11.8 Å². The van der Waals surface area contributed by atoms with Gasteiger partial charge in [-0.05, 0) is 70.0 Å². The molecule has 0 saturated carbocycles. The molecule has 2 aromatic carbocycles. The molecular formula is C33H37ClN6O7. The lowest BCUT2D eigenvalue weighted by Gasteiger charge is -2.24. The molecular weight excluding hydrogens is 628 g/mol. The minimum atomic E-state index is -1.46. The number of carbonyl (C=O) groups excluding carboxylic acids is 4. The number of hydrogen-bond donors (Lipinski definition) is 5. The van der Waals surface area contributed by atoms with E-state index >= 15 is 0 Å². The molecule has 0 bridgehead atoms. The lowest BCUT2D eigenvalue weighted by atomic mass is 10.1. The normalized spacial score (nSPS) is 13.4. The monoisotopic (exact) mass is 664 g/mol. The molecule has 0 saturated heterocycles. The van der Waals surface area contributed by atoms with Crippen molar-refractivity contribution in [1.82, 2.24) is 26.4 Å². The summed E-state index contributed by atoms with van der Waals surface area (Å²) in [6.07, 6.45) is 0.0449. The van der Waals surface area contributed by atoms with Gasteiger partial charge in [-0.3, -0.25) is 19.2 Å². The molecule has 1 aromatic heterocycles. The van der Waals surface area contributed by atoms with E-state index < -0.39 is 47.4 Å². The van der Waals surface area contributed by atoms with Crippen molar-refractivity contribution in [3.05, 3.63) is 87.8 Å². The molecule has 1 heterocycles. The molecule has 13 nitrogen and oxygen atoms in total. The molecule has 14 heteroatoms. The molecule has 0 aliphatic carbocycles. The Bertz CT molecular complexity index is 1670. The molecule has 0 aliphatic rings. The summed E-state index contributed by atoms with van der Waals surface area (Å²) in [7, 11) is 0. The van der Waals surface area contributed by atoms with Crippen molar-refractivity contribution in [1.29, 1.82) is 5.26 Å². The average molecular weight is 665 g/mol. The van der Waals surface area contributed by atoms with Gasteiger partial charge in [-0.2, -0.15) is 5.26 Å². The van der Waals surface area contributed by atoms with E-state index in [4.69, 9.17) is 20.9 Å². The number of carbonyl (C=O) groups is 4. The van der Waals surface area contributed by atoms with Gasteiger partial charge in [-0.25, -0.2) is 0 Å². The number of benzene rings is 2. The molecule has 3 unspecified atom stereocenters. The lowest BCUT2D eigenvalue weighted by Crippen LogP contribution is -2.58. The molecule has 47 heavy (non-hydrogen) atoms. The van der Waals surface area contributed by atoms with Crippen molar-refractivity contribution in [3.8, 4) is 11.8 Å². The Labute approximate surface area is 277 Å². The van der Waals surface area contributed by atoms with Crippen molar-refractivity contribution >= 4 is 41.3 Å². The molecule has 0 fully saturated rings. The van der Waals surface area contributed by atoms with Crippen molar-refractivity contribution in [2.45, 2.75) is 64.9 Å². The van der Waals surface area contributed by atoms with E-state index in [1.54, 1.807) is 76.2 Å². The number of nitrogens with one attached hydrogen (secondary N) is 4. The summed E-state index contributed by atoms with van der Waals surface area (Å²) in [4.78, 5) is 51.9. The number of aryl methyl sites for hydroxylation is 1. The smallest absolute Gasteiger partial charge is 0.274 e. The van der Waals surface area contributed by atoms with Crippen LogP contribution in [0.4, 0.5) is 0 Å². The zero-order valence-corrected chi connectivity index (χ0v) is 27.3. The van der Waals surface area contributed by atoms with E-state index in [2.05, 4.69) is 26.4 Å². The van der Waals surface area contributed by atoms with Crippen molar-refractivity contribution < 1.29 is 33.5 Å². The van der Waals surface area contributed by atoms with Crippen LogP contribution in [-0.4, -0.2) is 64.2 Å². The van der Waals surface area contributed by atoms with Gasteiger partial charge >= 0.3 is 0 Å². The lowest BCUT2D eigenvalue weighted by molar-refractivity contribution is -0.132. The molecule has 3 rings (SSSR count). The predicted molar refractivity (Wildman–Crippen MR) is 173 cm³/mol. The van der Waals surface area contributed by atoms with Crippen LogP contribution in [0.2, 0.25) is 5.02 Å². The van der Waals surface area contributed by atoms with Gasteiger partial charge in [0.05, 0.1) is 6.10 Å². The Kier molecular flexibility index (Phi) is 12.7. The summed E-state index contributed by atoms with van der Waals surface area (Å²) < 4.78 is 10.8. The van der Waals surface area contributed by atoms with Gasteiger partial charge in [-0.1, -0.05) is 47.1 Å². The number of aromatic nitrogens is 1. The predicted octanol–water partition coefficient (Wildman–Crippen LogP) is 2.82. The molecule has 5 N–H and O–H groups in total. The van der Waals surface area contributed by atoms with Crippen LogP contribution in [-0.2, 0) is 20.9 Å². The first-order chi connectivity index (χ1) is 22.2. The van der Waals surface area contributed by atoms with E-state index in [9.17, 15) is 29.5 Å². The molecule has 3 aromatic rings. The summed E-state index contributed by atoms with van der Waals surface area (Å²) in [6, 6.07) is 13.8. The third-order valence-electron chi connectivity index (χ3n) is 6.40. The quantitative estimate of drug-likeness (QED) is 0.135. The molecule has 3 atom stereocenters. The molecule has 4 amide bonds. The zero-order valence-electron chi connectivity index (χ0n) is 26.6. The molecule has 0 radical (unpaired) electrons. The van der Waals surface area contributed by atoms with Gasteiger partial charge in [0.1, 0.15) is 41.8 Å². The van der Waals surface area contributed by atoms with E-state index in [1.807, 2.05) is 6.07 Å². The minimum Gasteiger partial charge on any atom is -0.491 e. The first-order valence-electron chi connectivity index (χ1n) is 14.6. The van der Waals surface area contributed by atoms with Crippen LogP contribution in [0.25, 0.3) is 6.08 Å². The second kappa shape index (κ2) is 16.4. The fourth-order valence-corrected chi connectivity index (χ4v) is 4.28. The zero-order chi connectivity index (χ0) is 34.7. The number of aliphatic hydroxyl groups excluding tert-OH is 1. The second-order valence-corrected chi connectivity index (χ2v) is 12.0. The van der Waals surface area contributed by atoms with Crippen LogP contribution < -0.4 is 26.0 Å². The van der Waals surface area contributed by atoms with Crippen LogP contribution >= 0.6 is 11.6 Å². The minimum absolute atomic E-state index is 0.0425. The number of amides is 4. The van der Waals surface area contributed by atoms with Crippen LogP contribution in [0.3, 0.4) is 0 Å². The van der Waals surface area contributed by atoms with E-state index in [1.165, 1.54) is 19.1 Å². The Morgan fingerprint density at radius 2 is 1.81 bits per heavy atom. The van der Waals surface area contributed by atoms with Gasteiger partial charge in [-0.15, -0.1) is 0 Å². The fraction of sp³-hybridized carbons (Fsp3) is 0.333. The largest absolute Gasteiger partial charge is 0.491 e. The highest BCUT2D eigenvalue weighted by Crippen LogP contribution is 2.18. The van der Waals surface area contributed by atoms with Crippen LogP contribution in [0.5, 0.6) is 5.75 Å². The maximum atomic E-state index is 13.4. The van der Waals surface area contributed by atoms with Gasteiger partial charge in [0.25, 0.3) is 11.8 Å². The number of nitriles is 1. The summed E-state index contributed by atoms with van der Waals surface area (Å²) in [5.74, 6) is -2.17. The Morgan fingerprint density at radius 3 is 2.43 bits per heavy atom. The number of hydrogen-bond acceptors (Lipinski definition) is 9. The van der Waals surface area contributed by atoms with E-state index in [-0.39, 0.29) is 30.2 Å². The average Bonchev–Trinajstić information content (AvgIpc) is 3.45. The summed E-state index contributed by atoms with van der Waals surface area (Å²) in [6.45, 7) is 7.95. The maximum Gasteiger partial charge on any atom is 0.274 e. The molecule has 248 valence electrons. The van der Waals surface area contributed by atoms with Gasteiger partial charge in [0.15, 0.2) is 5.69 Å². The van der Waals surface area contributed by atoms with Crippen LogP contribution in [0, 0.1) is 18.3 Å². The van der Waals surface area contributed by atoms with Crippen molar-refractivity contribution in [3.63, 3.8) is 0 Å². The highest BCUT2D eigenvalue weighted by atomic mass is 35.5. The number of aliphatic hydroxyl groups is 1. The SMILES string of the molecule is Cc1cc(C(=O)NC(C(=O)NC(COc2cccc(C=C(C#N)C(=O)NC(C)(C)C)c2)C(=O)NCc2ccccc2Cl)C(C)O)no1. The van der Waals surface area contributed by atoms with Crippen LogP contribution in [0.1, 0.15) is 55.1 Å². The standard InChI is InChI=1S/C33H37ClN6O7/c1-19-13-26(40-47-19)31(44)38-28(20(2)41)32(45)37-27(30(43)36-17-22-10-6-7-12-25(22)34)18-46-24-11-8-9-21(15-24)14-23(16-35)29(42)39-33(3,4)5/h6-15,20,27-28,41H,17-18H2,1-5H3,(H,36,43)(H,37,45)(H,38,44)(H,39,42).